The lowest BCUT2D eigenvalue weighted by atomic mass is 9.92. The van der Waals surface area contributed by atoms with Gasteiger partial charge in [0.05, 0.1) is 34.1 Å². The molecule has 6 nitrogen and oxygen atoms in total. The number of nitrogens with one attached hydrogen (secondary N) is 1. The number of alkyl halides is 10. The van der Waals surface area contributed by atoms with Gasteiger partial charge in [-0.3, -0.25) is 14.5 Å². The van der Waals surface area contributed by atoms with Crippen LogP contribution in [0.2, 0.25) is 0 Å². The maximum Gasteiger partial charge on any atom is 0.435 e. The highest BCUT2D eigenvalue weighted by molar-refractivity contribution is 14.1. The van der Waals surface area contributed by atoms with Crippen LogP contribution >= 0.6 is 22.6 Å². The molecule has 44 heavy (non-hydrogen) atoms. The molecule has 1 aromatic heterocycles. The van der Waals surface area contributed by atoms with Gasteiger partial charge in [0.2, 0.25) is 5.95 Å². The molecule has 3 rings (SSSR count). The molecule has 0 saturated heterocycles. The van der Waals surface area contributed by atoms with Crippen molar-refractivity contribution in [1.29, 1.82) is 5.26 Å². The number of aromatic nitrogens is 1. The molecule has 2 amide bonds. The van der Waals surface area contributed by atoms with Crippen LogP contribution in [-0.2, 0) is 11.8 Å². The summed E-state index contributed by atoms with van der Waals surface area (Å²) in [4.78, 5) is 29.5. The molecule has 234 valence electrons. The van der Waals surface area contributed by atoms with E-state index in [1.807, 2.05) is 0 Å². The van der Waals surface area contributed by atoms with Gasteiger partial charge in [-0.05, 0) is 59.0 Å². The SMILES string of the molecule is N#CCN(C(=O)c1ccc(F)nc1)c1cccc(C(=O)Nc2c(I)cc(C(F)(C(F)(F)F)C(F)(F)F)cc2C(F)(F)F)c1F. The number of nitriles is 1. The lowest BCUT2D eigenvalue weighted by molar-refractivity contribution is -0.348. The van der Waals surface area contributed by atoms with E-state index in [1.54, 1.807) is 11.4 Å². The number of benzene rings is 2. The molecule has 0 bridgehead atoms. The monoisotopic (exact) mass is 754 g/mol. The highest BCUT2D eigenvalue weighted by Crippen LogP contribution is 2.54. The fraction of sp³-hybridized carbons (Fsp3) is 0.200. The molecule has 1 N–H and O–H groups in total. The Bertz CT molecular complexity index is 1620. The highest BCUT2D eigenvalue weighted by atomic mass is 127. The van der Waals surface area contributed by atoms with Crippen LogP contribution in [0.3, 0.4) is 0 Å². The van der Waals surface area contributed by atoms with Crippen LogP contribution in [0, 0.1) is 26.7 Å². The first-order chi connectivity index (χ1) is 20.1. The van der Waals surface area contributed by atoms with Crippen molar-refractivity contribution in [3.63, 3.8) is 0 Å². The molecule has 0 aliphatic carbocycles. The molecule has 0 atom stereocenters. The van der Waals surface area contributed by atoms with E-state index in [0.717, 1.165) is 53.1 Å². The summed E-state index contributed by atoms with van der Waals surface area (Å²) in [5, 5.41) is 10.7. The van der Waals surface area contributed by atoms with Crippen molar-refractivity contribution in [3.8, 4) is 6.07 Å². The van der Waals surface area contributed by atoms with E-state index in [4.69, 9.17) is 5.26 Å². The third-order valence-electron chi connectivity index (χ3n) is 5.78. The molecule has 0 aliphatic heterocycles. The average Bonchev–Trinajstić information content (AvgIpc) is 2.90. The number of anilines is 2. The molecule has 19 heteroatoms. The summed E-state index contributed by atoms with van der Waals surface area (Å²) >= 11 is 0.824. The predicted octanol–water partition coefficient (Wildman–Crippen LogP) is 7.70. The summed E-state index contributed by atoms with van der Waals surface area (Å²) in [6, 6.07) is 4.73. The first-order valence-electron chi connectivity index (χ1n) is 11.3. The van der Waals surface area contributed by atoms with Crippen molar-refractivity contribution in [2.24, 2.45) is 0 Å². The van der Waals surface area contributed by atoms with E-state index >= 15 is 4.39 Å². The largest absolute Gasteiger partial charge is 0.435 e. The van der Waals surface area contributed by atoms with Crippen LogP contribution in [0.25, 0.3) is 0 Å². The van der Waals surface area contributed by atoms with Crippen molar-refractivity contribution in [1.82, 2.24) is 4.98 Å². The second-order valence-corrected chi connectivity index (χ2v) is 9.71. The highest BCUT2D eigenvalue weighted by Gasteiger charge is 2.73. The Morgan fingerprint density at radius 1 is 0.932 bits per heavy atom. The van der Waals surface area contributed by atoms with Crippen molar-refractivity contribution in [2.45, 2.75) is 24.2 Å². The van der Waals surface area contributed by atoms with E-state index < -0.39 is 92.0 Å². The minimum Gasteiger partial charge on any atom is -0.320 e. The summed E-state index contributed by atoms with van der Waals surface area (Å²) in [5.74, 6) is -5.44. The summed E-state index contributed by atoms with van der Waals surface area (Å²) in [6.07, 6.45) is -18.5. The van der Waals surface area contributed by atoms with Crippen LogP contribution in [0.15, 0.2) is 48.7 Å². The van der Waals surface area contributed by atoms with Gasteiger partial charge in [-0.1, -0.05) is 6.07 Å². The Morgan fingerprint density at radius 3 is 2.05 bits per heavy atom. The van der Waals surface area contributed by atoms with Crippen molar-refractivity contribution < 1.29 is 62.3 Å². The minimum atomic E-state index is -6.75. The van der Waals surface area contributed by atoms with Gasteiger partial charge in [0.25, 0.3) is 11.8 Å². The van der Waals surface area contributed by atoms with Gasteiger partial charge >= 0.3 is 24.2 Å². The normalized spacial score (nSPS) is 12.5. The first-order valence-corrected chi connectivity index (χ1v) is 12.4. The van der Waals surface area contributed by atoms with Crippen LogP contribution in [0.5, 0.6) is 0 Å². The van der Waals surface area contributed by atoms with E-state index in [2.05, 4.69) is 4.98 Å². The molecular formula is C25H11F12IN4O2. The topological polar surface area (TPSA) is 86.1 Å². The third-order valence-corrected chi connectivity index (χ3v) is 6.63. The maximum atomic E-state index is 15.5. The molecule has 0 unspecified atom stereocenters. The molecular weight excluding hydrogens is 743 g/mol. The van der Waals surface area contributed by atoms with E-state index in [0.29, 0.717) is 11.0 Å². The number of amides is 2. The van der Waals surface area contributed by atoms with Gasteiger partial charge in [-0.15, -0.1) is 0 Å². The number of pyridine rings is 1. The molecule has 3 aromatic rings. The second kappa shape index (κ2) is 12.1. The van der Waals surface area contributed by atoms with Crippen LogP contribution in [-0.4, -0.2) is 35.7 Å². The van der Waals surface area contributed by atoms with Crippen LogP contribution < -0.4 is 10.2 Å². The summed E-state index contributed by atoms with van der Waals surface area (Å²) in [6.45, 7) is -0.862. The van der Waals surface area contributed by atoms with Crippen LogP contribution in [0.1, 0.15) is 31.8 Å². The zero-order chi connectivity index (χ0) is 33.4. The van der Waals surface area contributed by atoms with Crippen LogP contribution in [0.4, 0.5) is 64.1 Å². The smallest absolute Gasteiger partial charge is 0.320 e. The third kappa shape index (κ3) is 6.53. The summed E-state index contributed by atoms with van der Waals surface area (Å²) in [7, 11) is 0. The van der Waals surface area contributed by atoms with Gasteiger partial charge in [0.1, 0.15) is 6.54 Å². The number of rotatable bonds is 6. The van der Waals surface area contributed by atoms with Crippen molar-refractivity contribution >= 4 is 45.8 Å². The van der Waals surface area contributed by atoms with Gasteiger partial charge in [-0.2, -0.15) is 49.2 Å². The minimum absolute atomic E-state index is 0.219. The molecule has 0 aliphatic rings. The molecule has 0 radical (unpaired) electrons. The number of hydrogen-bond donors (Lipinski definition) is 1. The maximum absolute atomic E-state index is 15.5. The fourth-order valence-corrected chi connectivity index (χ4v) is 4.48. The Balaban J connectivity index is 2.12. The molecule has 1 heterocycles. The number of carbonyl (C=O) groups excluding carboxylic acids is 2. The quantitative estimate of drug-likeness (QED) is 0.121. The Labute approximate surface area is 251 Å². The van der Waals surface area contributed by atoms with E-state index in [-0.39, 0.29) is 11.6 Å². The first kappa shape index (κ1) is 34.4. The van der Waals surface area contributed by atoms with E-state index in [1.165, 1.54) is 0 Å². The Hall–Kier alpha value is -4.09. The number of hydrogen-bond acceptors (Lipinski definition) is 4. The summed E-state index contributed by atoms with van der Waals surface area (Å²) in [5.41, 5.74) is -14.7. The van der Waals surface area contributed by atoms with Crippen molar-refractivity contribution in [2.75, 3.05) is 16.8 Å². The lowest BCUT2D eigenvalue weighted by Crippen LogP contribution is -2.50. The van der Waals surface area contributed by atoms with Gasteiger partial charge in [0, 0.05) is 15.3 Å². The zero-order valence-corrected chi connectivity index (χ0v) is 23.1. The second-order valence-electron chi connectivity index (χ2n) is 8.54. The number of nitrogens with zero attached hydrogens (tertiary/aromatic N) is 3. The molecule has 2 aromatic carbocycles. The Kier molecular flexibility index (Phi) is 9.48. The van der Waals surface area contributed by atoms with Crippen molar-refractivity contribution in [3.05, 3.63) is 86.3 Å². The van der Waals surface area contributed by atoms with Gasteiger partial charge in [0.15, 0.2) is 5.82 Å². The molecule has 0 fully saturated rings. The van der Waals surface area contributed by atoms with E-state index in [9.17, 15) is 57.9 Å². The molecule has 0 spiro atoms. The lowest BCUT2D eigenvalue weighted by Gasteiger charge is -2.31. The predicted molar refractivity (Wildman–Crippen MR) is 135 cm³/mol. The van der Waals surface area contributed by atoms with Gasteiger partial charge in [-0.25, -0.2) is 13.8 Å². The fourth-order valence-electron chi connectivity index (χ4n) is 3.72. The number of halogens is 13. The van der Waals surface area contributed by atoms with Gasteiger partial charge < -0.3 is 5.32 Å². The summed E-state index contributed by atoms with van der Waals surface area (Å²) < 4.78 is 163. The number of carbonyl (C=O) groups is 2. The standard InChI is InChI=1S/C25H11F12IN4O2/c26-17-5-4-11(10-40-17)21(44)42(7-6-39)16-3-1-2-13(18(16)27)20(43)41-19-14(23(29,30)31)8-12(9-15(19)38)22(28,24(32,33)34)25(35,36)37/h1-5,8-10H,7H2,(H,41,43). The molecule has 0 saturated carbocycles. The zero-order valence-electron chi connectivity index (χ0n) is 20.9. The average molecular weight is 754 g/mol. The Morgan fingerprint density at radius 2 is 1.55 bits per heavy atom.